The van der Waals surface area contributed by atoms with Crippen LogP contribution in [0.3, 0.4) is 0 Å². The number of rotatable bonds is 30. The average Bonchev–Trinajstić information content (AvgIpc) is 3.89. The van der Waals surface area contributed by atoms with Gasteiger partial charge in [0.15, 0.2) is 0 Å². The number of carbonyl (C=O) groups excluding carboxylic acids is 9. The van der Waals surface area contributed by atoms with E-state index in [1.165, 1.54) is 60.4 Å². The molecule has 9 amide bonds. The molecule has 23 heteroatoms. The molecule has 80 heavy (non-hydrogen) atoms. The summed E-state index contributed by atoms with van der Waals surface area (Å²) in [5, 5.41) is 48.4. The van der Waals surface area contributed by atoms with Crippen LogP contribution in [0.5, 0.6) is 11.5 Å². The number of hydrogen-bond acceptors (Lipinski definition) is 13. The molecular formula is C57H80N10O13. The van der Waals surface area contributed by atoms with Gasteiger partial charge in [-0.15, -0.1) is 0 Å². The first-order valence-electron chi connectivity index (χ1n) is 27.0. The van der Waals surface area contributed by atoms with Gasteiger partial charge in [-0.2, -0.15) is 0 Å². The van der Waals surface area contributed by atoms with Crippen molar-refractivity contribution in [2.24, 2.45) is 29.2 Å². The number of aliphatic carboxylic acids is 1. The van der Waals surface area contributed by atoms with Crippen molar-refractivity contribution in [2.75, 3.05) is 6.54 Å². The maximum absolute atomic E-state index is 14.7. The maximum Gasteiger partial charge on any atom is 0.326 e. The minimum atomic E-state index is -1.48. The molecule has 0 radical (unpaired) electrons. The number of carbonyl (C=O) groups is 10. The zero-order chi connectivity index (χ0) is 59.4. The summed E-state index contributed by atoms with van der Waals surface area (Å²) in [7, 11) is 0. The fraction of sp³-hybridized carbons (Fsp3) is 0.509. The highest BCUT2D eigenvalue weighted by Crippen LogP contribution is 2.21. The van der Waals surface area contributed by atoms with Gasteiger partial charge in [-0.1, -0.05) is 96.1 Å². The van der Waals surface area contributed by atoms with Crippen molar-refractivity contribution in [3.05, 3.63) is 95.6 Å². The highest BCUT2D eigenvalue weighted by Gasteiger charge is 2.40. The number of nitrogens with one attached hydrogen (secondary N) is 7. The normalized spacial score (nSPS) is 16.2. The Morgan fingerprint density at radius 1 is 0.550 bits per heavy atom. The summed E-state index contributed by atoms with van der Waals surface area (Å²) < 4.78 is 0. The second kappa shape index (κ2) is 30.9. The number of carboxylic acid groups (broad SMARTS) is 1. The molecule has 0 aromatic heterocycles. The molecule has 1 aliphatic rings. The van der Waals surface area contributed by atoms with Crippen molar-refractivity contribution in [2.45, 2.75) is 161 Å². The average molecular weight is 1110 g/mol. The zero-order valence-electron chi connectivity index (χ0n) is 46.5. The van der Waals surface area contributed by atoms with Crippen molar-refractivity contribution < 1.29 is 63.3 Å². The van der Waals surface area contributed by atoms with E-state index in [9.17, 15) is 63.3 Å². The quantitative estimate of drug-likeness (QED) is 0.0443. The summed E-state index contributed by atoms with van der Waals surface area (Å²) in [6, 6.07) is 9.19. The Morgan fingerprint density at radius 3 is 1.44 bits per heavy atom. The predicted molar refractivity (Wildman–Crippen MR) is 295 cm³/mol. The molecular weight excluding hydrogens is 1030 g/mol. The van der Waals surface area contributed by atoms with Gasteiger partial charge in [0, 0.05) is 25.8 Å². The van der Waals surface area contributed by atoms with Crippen LogP contribution < -0.4 is 48.7 Å². The van der Waals surface area contributed by atoms with Crippen LogP contribution in [0, 0.1) is 17.8 Å². The van der Waals surface area contributed by atoms with Crippen molar-refractivity contribution in [1.82, 2.24) is 42.1 Å². The van der Waals surface area contributed by atoms with E-state index in [-0.39, 0.29) is 81.2 Å². The first kappa shape index (κ1) is 64.4. The van der Waals surface area contributed by atoms with Crippen LogP contribution >= 0.6 is 0 Å². The molecule has 0 spiro atoms. The number of nitrogens with two attached hydrogens (primary N) is 2. The summed E-state index contributed by atoms with van der Waals surface area (Å²) in [5.41, 5.74) is 13.5. The van der Waals surface area contributed by atoms with Crippen LogP contribution in [0.1, 0.15) is 104 Å². The van der Waals surface area contributed by atoms with E-state index in [4.69, 9.17) is 11.5 Å². The third-order valence-corrected chi connectivity index (χ3v) is 13.4. The first-order chi connectivity index (χ1) is 37.7. The van der Waals surface area contributed by atoms with Gasteiger partial charge in [-0.3, -0.25) is 43.2 Å². The fourth-order valence-electron chi connectivity index (χ4n) is 9.13. The molecule has 1 fully saturated rings. The molecule has 1 aliphatic heterocycles. The van der Waals surface area contributed by atoms with Crippen molar-refractivity contribution in [1.29, 1.82) is 0 Å². The van der Waals surface area contributed by atoms with Crippen LogP contribution in [0.4, 0.5) is 0 Å². The minimum Gasteiger partial charge on any atom is -0.508 e. The van der Waals surface area contributed by atoms with Gasteiger partial charge < -0.3 is 68.9 Å². The van der Waals surface area contributed by atoms with Gasteiger partial charge in [0.2, 0.25) is 53.2 Å². The lowest BCUT2D eigenvalue weighted by molar-refractivity contribution is -0.145. The summed E-state index contributed by atoms with van der Waals surface area (Å²) in [5.74, 6) is -9.15. The SMILES string of the molecule is CC(C)CC(NC(=O)C(N)Cc1ccccc1)C(=O)NC(CCC(N)=O)C(=O)NC(CC(C)C)C(=O)NC(Cc1ccc(O)cc1)C(=O)NC(Cc1ccc(O)cc1)C(=O)NC(C)C(=O)N1CCCC1C(=O)NC(C(=O)O)C(C)C. The van der Waals surface area contributed by atoms with Crippen LogP contribution in [-0.4, -0.2) is 140 Å². The van der Waals surface area contributed by atoms with E-state index in [0.717, 1.165) is 5.56 Å². The molecule has 4 rings (SSSR count). The maximum atomic E-state index is 14.7. The fourth-order valence-corrected chi connectivity index (χ4v) is 9.13. The molecule has 0 aliphatic carbocycles. The third-order valence-electron chi connectivity index (χ3n) is 13.4. The Kier molecular flexibility index (Phi) is 24.9. The summed E-state index contributed by atoms with van der Waals surface area (Å²) in [6.45, 7) is 12.0. The molecule has 14 N–H and O–H groups in total. The number of aromatic hydroxyl groups is 2. The molecule has 9 atom stereocenters. The second-order valence-corrected chi connectivity index (χ2v) is 21.6. The van der Waals surface area contributed by atoms with Gasteiger partial charge in [-0.25, -0.2) is 4.79 Å². The number of likely N-dealkylation sites (tertiary alicyclic amines) is 1. The van der Waals surface area contributed by atoms with Crippen molar-refractivity contribution >= 4 is 59.1 Å². The highest BCUT2D eigenvalue weighted by molar-refractivity contribution is 5.98. The number of benzene rings is 3. The smallest absolute Gasteiger partial charge is 0.326 e. The Labute approximate surface area is 466 Å². The van der Waals surface area contributed by atoms with E-state index in [2.05, 4.69) is 37.2 Å². The zero-order valence-corrected chi connectivity index (χ0v) is 46.5. The summed E-state index contributed by atoms with van der Waals surface area (Å²) in [4.78, 5) is 138. The van der Waals surface area contributed by atoms with Crippen LogP contribution in [0.25, 0.3) is 0 Å². The molecule has 9 unspecified atom stereocenters. The van der Waals surface area contributed by atoms with E-state index < -0.39 is 119 Å². The molecule has 23 nitrogen and oxygen atoms in total. The largest absolute Gasteiger partial charge is 0.508 e. The summed E-state index contributed by atoms with van der Waals surface area (Å²) >= 11 is 0. The molecule has 436 valence electrons. The number of amides is 9. The van der Waals surface area contributed by atoms with Crippen LogP contribution in [-0.2, 0) is 67.2 Å². The molecule has 1 heterocycles. The van der Waals surface area contributed by atoms with Gasteiger partial charge >= 0.3 is 5.97 Å². The number of phenols is 2. The Bertz CT molecular complexity index is 2620. The number of carboxylic acids is 1. The molecule has 0 saturated carbocycles. The second-order valence-electron chi connectivity index (χ2n) is 21.6. The van der Waals surface area contributed by atoms with Gasteiger partial charge in [0.25, 0.3) is 0 Å². The molecule has 1 saturated heterocycles. The van der Waals surface area contributed by atoms with E-state index >= 15 is 0 Å². The number of hydrogen-bond donors (Lipinski definition) is 12. The van der Waals surface area contributed by atoms with E-state index in [1.807, 2.05) is 32.0 Å². The van der Waals surface area contributed by atoms with E-state index in [0.29, 0.717) is 17.5 Å². The van der Waals surface area contributed by atoms with Crippen LogP contribution in [0.15, 0.2) is 78.9 Å². The number of primary amides is 1. The lowest BCUT2D eigenvalue weighted by atomic mass is 9.99. The third kappa shape index (κ3) is 20.6. The van der Waals surface area contributed by atoms with Crippen LogP contribution in [0.2, 0.25) is 0 Å². The Hall–Kier alpha value is -8.08. The lowest BCUT2D eigenvalue weighted by Gasteiger charge is -2.30. The number of phenolic OH excluding ortho intramolecular Hbond substituents is 2. The lowest BCUT2D eigenvalue weighted by Crippen LogP contribution is -2.61. The van der Waals surface area contributed by atoms with E-state index in [1.54, 1.807) is 39.8 Å². The topological polar surface area (TPSA) is 371 Å². The summed E-state index contributed by atoms with van der Waals surface area (Å²) in [6.07, 6.45) is -0.0426. The van der Waals surface area contributed by atoms with Gasteiger partial charge in [-0.05, 0) is 104 Å². The van der Waals surface area contributed by atoms with Crippen molar-refractivity contribution in [3.63, 3.8) is 0 Å². The Balaban J connectivity index is 1.60. The number of nitrogens with zero attached hydrogens (tertiary/aromatic N) is 1. The first-order valence-corrected chi connectivity index (χ1v) is 27.0. The highest BCUT2D eigenvalue weighted by atomic mass is 16.4. The molecule has 3 aromatic carbocycles. The monoisotopic (exact) mass is 1110 g/mol. The Morgan fingerprint density at radius 2 is 0.975 bits per heavy atom. The van der Waals surface area contributed by atoms with Gasteiger partial charge in [0.1, 0.15) is 59.8 Å². The van der Waals surface area contributed by atoms with Crippen molar-refractivity contribution in [3.8, 4) is 11.5 Å². The molecule has 3 aromatic rings. The minimum absolute atomic E-state index is 0.00213. The molecule has 0 bridgehead atoms. The standard InChI is InChI=1S/C57H80N10O13/c1-31(2)26-42(62-49(71)40(58)28-35-12-9-8-10-13-35)52(74)61-41(23-24-47(59)70)50(72)63-43(27-32(3)4)53(75)65-45(30-37-17-21-39(69)22-18-37)54(76)64-44(29-36-15-19-38(68)20-16-36)51(73)60-34(7)56(78)67-25-11-14-46(67)55(77)66-48(33(5)6)57(79)80/h8-10,12-13,15-22,31-34,40-46,48,68-69H,11,14,23-30,58H2,1-7H3,(H2,59,70)(H,60,73)(H,61,74)(H,62,71)(H,63,72)(H,64,76)(H,65,75)(H,66,77)(H,79,80). The predicted octanol–water partition coefficient (Wildman–Crippen LogP) is 0.956. The van der Waals surface area contributed by atoms with Gasteiger partial charge in [0.05, 0.1) is 6.04 Å².